The van der Waals surface area contributed by atoms with Crippen molar-refractivity contribution < 1.29 is 10.2 Å². The van der Waals surface area contributed by atoms with Gasteiger partial charge in [0.25, 0.3) is 0 Å². The molecule has 0 aliphatic heterocycles. The van der Waals surface area contributed by atoms with Crippen molar-refractivity contribution in [3.63, 3.8) is 0 Å². The molecule has 108 valence electrons. The summed E-state index contributed by atoms with van der Waals surface area (Å²) in [5.41, 5.74) is 16.4. The fourth-order valence-electron chi connectivity index (χ4n) is 1.75. The van der Waals surface area contributed by atoms with Crippen molar-refractivity contribution in [1.29, 1.82) is 0 Å². The Kier molecular flexibility index (Phi) is 6.03. The number of anilines is 2. The summed E-state index contributed by atoms with van der Waals surface area (Å²) in [5.74, 6) is 0. The summed E-state index contributed by atoms with van der Waals surface area (Å²) in [6.45, 7) is 3.92. The first kappa shape index (κ1) is 16.0. The van der Waals surface area contributed by atoms with Crippen LogP contribution in [0.2, 0.25) is 0 Å². The van der Waals surface area contributed by atoms with Gasteiger partial charge in [-0.3, -0.25) is 0 Å². The van der Waals surface area contributed by atoms with Crippen molar-refractivity contribution in [3.8, 4) is 0 Å². The molecular formula is C16H22N2O2. The number of para-hydroxylation sites is 1. The van der Waals surface area contributed by atoms with E-state index in [0.717, 1.165) is 27.9 Å². The maximum Gasteiger partial charge on any atom is 0.0702 e. The second-order valence-corrected chi connectivity index (χ2v) is 4.60. The maximum atomic E-state index is 8.79. The summed E-state index contributed by atoms with van der Waals surface area (Å²) in [5, 5.41) is 17.6. The van der Waals surface area contributed by atoms with E-state index in [-0.39, 0.29) is 13.2 Å². The van der Waals surface area contributed by atoms with Gasteiger partial charge in [-0.05, 0) is 36.6 Å². The minimum Gasteiger partial charge on any atom is -0.399 e. The monoisotopic (exact) mass is 274 g/mol. The van der Waals surface area contributed by atoms with Crippen LogP contribution in [0.25, 0.3) is 0 Å². The Hall–Kier alpha value is -2.04. The summed E-state index contributed by atoms with van der Waals surface area (Å²) in [6.07, 6.45) is 0. The largest absolute Gasteiger partial charge is 0.399 e. The van der Waals surface area contributed by atoms with Crippen molar-refractivity contribution in [2.24, 2.45) is 0 Å². The van der Waals surface area contributed by atoms with Gasteiger partial charge in [-0.1, -0.05) is 30.3 Å². The van der Waals surface area contributed by atoms with E-state index in [1.54, 1.807) is 0 Å². The third kappa shape index (κ3) is 3.98. The number of aliphatic hydroxyl groups is 2. The lowest BCUT2D eigenvalue weighted by Gasteiger charge is -2.03. The number of hydrogen-bond acceptors (Lipinski definition) is 4. The number of aliphatic hydroxyl groups excluding tert-OH is 2. The van der Waals surface area contributed by atoms with Crippen LogP contribution in [0.5, 0.6) is 0 Å². The summed E-state index contributed by atoms with van der Waals surface area (Å²) in [7, 11) is 0. The van der Waals surface area contributed by atoms with Gasteiger partial charge in [-0.25, -0.2) is 0 Å². The highest BCUT2D eigenvalue weighted by atomic mass is 16.3. The van der Waals surface area contributed by atoms with E-state index in [1.165, 1.54) is 0 Å². The van der Waals surface area contributed by atoms with Crippen LogP contribution in [0.15, 0.2) is 36.4 Å². The molecule has 0 unspecified atom stereocenters. The molecular weight excluding hydrogens is 252 g/mol. The molecule has 0 saturated carbocycles. The highest BCUT2D eigenvalue weighted by molar-refractivity contribution is 5.52. The fraction of sp³-hybridized carbons (Fsp3) is 0.250. The maximum absolute atomic E-state index is 8.79. The minimum absolute atomic E-state index is 0.0213. The summed E-state index contributed by atoms with van der Waals surface area (Å²) in [4.78, 5) is 0. The van der Waals surface area contributed by atoms with Gasteiger partial charge in [0, 0.05) is 16.9 Å². The van der Waals surface area contributed by atoms with Crippen LogP contribution in [0.4, 0.5) is 11.4 Å². The Morgan fingerprint density at radius 1 is 0.850 bits per heavy atom. The summed E-state index contributed by atoms with van der Waals surface area (Å²) < 4.78 is 0. The van der Waals surface area contributed by atoms with E-state index in [4.69, 9.17) is 21.7 Å². The standard InChI is InChI=1S/2C8H11NO/c1-6-7(5-10)3-2-4-8(6)9;1-6-3-2-4-7(5-10)8(6)9/h2*2-4,10H,5,9H2,1H3. The molecule has 2 rings (SSSR count). The molecule has 2 aromatic rings. The number of aryl methyl sites for hydroxylation is 1. The normalized spacial score (nSPS) is 9.80. The van der Waals surface area contributed by atoms with E-state index in [1.807, 2.05) is 50.2 Å². The lowest BCUT2D eigenvalue weighted by Crippen LogP contribution is -1.95. The molecule has 0 amide bonds. The molecule has 20 heavy (non-hydrogen) atoms. The first-order valence-corrected chi connectivity index (χ1v) is 6.40. The highest BCUT2D eigenvalue weighted by Crippen LogP contribution is 2.15. The van der Waals surface area contributed by atoms with Gasteiger partial charge in [-0.2, -0.15) is 0 Å². The second-order valence-electron chi connectivity index (χ2n) is 4.60. The molecule has 4 heteroatoms. The predicted octanol–water partition coefficient (Wildman–Crippen LogP) is 2.14. The smallest absolute Gasteiger partial charge is 0.0702 e. The molecule has 0 saturated heterocycles. The average Bonchev–Trinajstić information content (AvgIpc) is 2.45. The SMILES string of the molecule is Cc1c(N)cccc1CO.Cc1cccc(CO)c1N. The van der Waals surface area contributed by atoms with Gasteiger partial charge in [0.05, 0.1) is 13.2 Å². The second kappa shape index (κ2) is 7.53. The number of nitrogens with two attached hydrogens (primary N) is 2. The van der Waals surface area contributed by atoms with Crippen LogP contribution in [-0.2, 0) is 13.2 Å². The quantitative estimate of drug-likeness (QED) is 0.631. The van der Waals surface area contributed by atoms with Crippen LogP contribution < -0.4 is 11.5 Å². The lowest BCUT2D eigenvalue weighted by atomic mass is 10.1. The molecule has 0 radical (unpaired) electrons. The molecule has 0 heterocycles. The van der Waals surface area contributed by atoms with Crippen LogP contribution in [-0.4, -0.2) is 10.2 Å². The van der Waals surface area contributed by atoms with E-state index in [9.17, 15) is 0 Å². The summed E-state index contributed by atoms with van der Waals surface area (Å²) >= 11 is 0. The average molecular weight is 274 g/mol. The third-order valence-electron chi connectivity index (χ3n) is 3.24. The minimum atomic E-state index is 0.0213. The van der Waals surface area contributed by atoms with Crippen LogP contribution in [0.1, 0.15) is 22.3 Å². The van der Waals surface area contributed by atoms with Crippen LogP contribution in [0.3, 0.4) is 0 Å². The van der Waals surface area contributed by atoms with Crippen molar-refractivity contribution in [1.82, 2.24) is 0 Å². The fourth-order valence-corrected chi connectivity index (χ4v) is 1.75. The Bertz CT molecular complexity index is 517. The van der Waals surface area contributed by atoms with Gasteiger partial charge in [0.1, 0.15) is 0 Å². The van der Waals surface area contributed by atoms with Crippen molar-refractivity contribution in [2.75, 3.05) is 11.5 Å². The van der Waals surface area contributed by atoms with E-state index in [0.29, 0.717) is 5.69 Å². The number of rotatable bonds is 2. The van der Waals surface area contributed by atoms with E-state index in [2.05, 4.69) is 0 Å². The summed E-state index contributed by atoms with van der Waals surface area (Å²) in [6, 6.07) is 11.2. The zero-order valence-corrected chi connectivity index (χ0v) is 11.9. The Balaban J connectivity index is 0.000000200. The molecule has 2 aromatic carbocycles. The van der Waals surface area contributed by atoms with Crippen LogP contribution >= 0.6 is 0 Å². The van der Waals surface area contributed by atoms with Crippen molar-refractivity contribution in [2.45, 2.75) is 27.1 Å². The van der Waals surface area contributed by atoms with Gasteiger partial charge >= 0.3 is 0 Å². The Morgan fingerprint density at radius 3 is 1.90 bits per heavy atom. The molecule has 0 aliphatic carbocycles. The van der Waals surface area contributed by atoms with Crippen molar-refractivity contribution >= 4 is 11.4 Å². The molecule has 0 aliphatic rings. The van der Waals surface area contributed by atoms with Gasteiger partial charge in [-0.15, -0.1) is 0 Å². The first-order valence-electron chi connectivity index (χ1n) is 6.40. The number of benzene rings is 2. The third-order valence-corrected chi connectivity index (χ3v) is 3.24. The molecule has 0 bridgehead atoms. The Labute approximate surface area is 119 Å². The molecule has 4 nitrogen and oxygen atoms in total. The zero-order chi connectivity index (χ0) is 15.1. The van der Waals surface area contributed by atoms with E-state index < -0.39 is 0 Å². The molecule has 6 N–H and O–H groups in total. The zero-order valence-electron chi connectivity index (χ0n) is 11.9. The first-order chi connectivity index (χ1) is 9.51. The highest BCUT2D eigenvalue weighted by Gasteiger charge is 1.98. The lowest BCUT2D eigenvalue weighted by molar-refractivity contribution is 0.281. The van der Waals surface area contributed by atoms with Gasteiger partial charge in [0.2, 0.25) is 0 Å². The predicted molar refractivity (Wildman–Crippen MR) is 83.0 cm³/mol. The molecule has 0 fully saturated rings. The molecule has 0 aromatic heterocycles. The number of hydrogen-bond donors (Lipinski definition) is 4. The topological polar surface area (TPSA) is 92.5 Å². The molecule has 0 spiro atoms. The van der Waals surface area contributed by atoms with Crippen molar-refractivity contribution in [3.05, 3.63) is 58.7 Å². The van der Waals surface area contributed by atoms with E-state index >= 15 is 0 Å². The number of nitrogen functional groups attached to an aromatic ring is 2. The van der Waals surface area contributed by atoms with Crippen LogP contribution in [0, 0.1) is 13.8 Å². The molecule has 0 atom stereocenters. The van der Waals surface area contributed by atoms with Gasteiger partial charge < -0.3 is 21.7 Å². The Morgan fingerprint density at radius 2 is 1.40 bits per heavy atom. The van der Waals surface area contributed by atoms with Gasteiger partial charge in [0.15, 0.2) is 0 Å².